The van der Waals surface area contributed by atoms with Crippen LogP contribution in [-0.2, 0) is 11.3 Å². The third kappa shape index (κ3) is 5.56. The Labute approximate surface area is 178 Å². The van der Waals surface area contributed by atoms with Gasteiger partial charge in [-0.3, -0.25) is 5.43 Å². The molecule has 1 aromatic carbocycles. The van der Waals surface area contributed by atoms with E-state index in [4.69, 9.17) is 14.2 Å². The van der Waals surface area contributed by atoms with Crippen molar-refractivity contribution >= 4 is 34.6 Å². The van der Waals surface area contributed by atoms with Crippen LogP contribution in [0.3, 0.4) is 0 Å². The van der Waals surface area contributed by atoms with E-state index in [1.807, 2.05) is 25.1 Å². The summed E-state index contributed by atoms with van der Waals surface area (Å²) in [6.07, 6.45) is 2.57. The van der Waals surface area contributed by atoms with E-state index in [2.05, 4.69) is 51.1 Å². The van der Waals surface area contributed by atoms with Crippen molar-refractivity contribution in [1.82, 2.24) is 4.98 Å². The Bertz CT molecular complexity index is 894. The Hall–Kier alpha value is -2.38. The van der Waals surface area contributed by atoms with E-state index in [0.29, 0.717) is 30.3 Å². The number of halogens is 1. The van der Waals surface area contributed by atoms with Gasteiger partial charge in [-0.25, -0.2) is 4.98 Å². The van der Waals surface area contributed by atoms with Crippen molar-refractivity contribution in [2.45, 2.75) is 26.9 Å². The maximum absolute atomic E-state index is 9.47. The summed E-state index contributed by atoms with van der Waals surface area (Å²) >= 11 is 2.21. The first-order valence-corrected chi connectivity index (χ1v) is 9.80. The molecule has 0 fully saturated rings. The van der Waals surface area contributed by atoms with Gasteiger partial charge in [0.15, 0.2) is 17.3 Å². The number of aryl methyl sites for hydroxylation is 1. The molecular formula is C20H23IN4O3. The topological polar surface area (TPSA) is 88.8 Å². The molecule has 0 bridgehead atoms. The highest BCUT2D eigenvalue weighted by Crippen LogP contribution is 2.33. The fraction of sp³-hybridized carbons (Fsp3) is 0.350. The predicted molar refractivity (Wildman–Crippen MR) is 117 cm³/mol. The van der Waals surface area contributed by atoms with E-state index < -0.39 is 0 Å². The average Bonchev–Trinajstić information content (AvgIpc) is 2.67. The van der Waals surface area contributed by atoms with Gasteiger partial charge >= 0.3 is 0 Å². The predicted octanol–water partition coefficient (Wildman–Crippen LogP) is 4.26. The van der Waals surface area contributed by atoms with E-state index in [-0.39, 0.29) is 0 Å². The lowest BCUT2D eigenvalue weighted by Crippen LogP contribution is -2.04. The van der Waals surface area contributed by atoms with Crippen LogP contribution in [-0.4, -0.2) is 32.0 Å². The fourth-order valence-corrected chi connectivity index (χ4v) is 3.32. The molecule has 2 aromatic rings. The zero-order valence-electron chi connectivity index (χ0n) is 16.4. The van der Waals surface area contributed by atoms with Gasteiger partial charge in [0.1, 0.15) is 11.6 Å². The standard InChI is InChI=1S/C20H23IN4O3/c1-5-6-28-19-17(21)8-14(9-18(19)27-4)11-23-25-20-16(10-22)15(12-26-3)7-13(2)24-20/h7-9,11H,5-6,12H2,1-4H3,(H,24,25). The van der Waals surface area contributed by atoms with Crippen LogP contribution >= 0.6 is 22.6 Å². The largest absolute Gasteiger partial charge is 0.493 e. The molecule has 2 rings (SSSR count). The minimum Gasteiger partial charge on any atom is -0.493 e. The van der Waals surface area contributed by atoms with Gasteiger partial charge in [-0.2, -0.15) is 10.4 Å². The zero-order chi connectivity index (χ0) is 20.5. The Balaban J connectivity index is 2.26. The van der Waals surface area contributed by atoms with Gasteiger partial charge in [-0.05, 0) is 59.7 Å². The Morgan fingerprint density at radius 3 is 2.75 bits per heavy atom. The van der Waals surface area contributed by atoms with Crippen molar-refractivity contribution in [2.75, 3.05) is 26.3 Å². The molecule has 7 nitrogen and oxygen atoms in total. The molecule has 0 aliphatic rings. The summed E-state index contributed by atoms with van der Waals surface area (Å²) in [7, 11) is 3.20. The number of hydrazone groups is 1. The molecule has 1 aromatic heterocycles. The zero-order valence-corrected chi connectivity index (χ0v) is 18.5. The summed E-state index contributed by atoms with van der Waals surface area (Å²) in [5.74, 6) is 1.78. The van der Waals surface area contributed by atoms with E-state index in [1.165, 1.54) is 0 Å². The molecule has 0 spiro atoms. The number of nitrogens with zero attached hydrogens (tertiary/aromatic N) is 3. The second-order valence-electron chi connectivity index (χ2n) is 5.94. The molecule has 0 amide bonds. The Kier molecular flexibility index (Phi) is 8.47. The van der Waals surface area contributed by atoms with Crippen LogP contribution in [0.4, 0.5) is 5.82 Å². The first kappa shape index (κ1) is 21.9. The van der Waals surface area contributed by atoms with E-state index in [1.54, 1.807) is 20.4 Å². The van der Waals surface area contributed by atoms with Crippen molar-refractivity contribution in [3.05, 3.63) is 44.2 Å². The SMILES string of the molecule is CCCOc1c(I)cc(C=NNc2nc(C)cc(COC)c2C#N)cc1OC. The lowest BCUT2D eigenvalue weighted by atomic mass is 10.1. The number of benzene rings is 1. The average molecular weight is 494 g/mol. The van der Waals surface area contributed by atoms with Crippen LogP contribution < -0.4 is 14.9 Å². The highest BCUT2D eigenvalue weighted by atomic mass is 127. The summed E-state index contributed by atoms with van der Waals surface area (Å²) in [5.41, 5.74) is 5.66. The van der Waals surface area contributed by atoms with Gasteiger partial charge in [0.25, 0.3) is 0 Å². The molecule has 28 heavy (non-hydrogen) atoms. The summed E-state index contributed by atoms with van der Waals surface area (Å²) in [4.78, 5) is 4.37. The van der Waals surface area contributed by atoms with Crippen molar-refractivity contribution in [1.29, 1.82) is 5.26 Å². The third-order valence-corrected chi connectivity index (χ3v) is 4.53. The van der Waals surface area contributed by atoms with Crippen LogP contribution in [0.25, 0.3) is 0 Å². The van der Waals surface area contributed by atoms with Gasteiger partial charge in [0.05, 0.1) is 30.1 Å². The number of hydrogen-bond donors (Lipinski definition) is 1. The van der Waals surface area contributed by atoms with Crippen molar-refractivity contribution in [3.8, 4) is 17.6 Å². The van der Waals surface area contributed by atoms with Crippen LogP contribution in [0.1, 0.15) is 35.7 Å². The minimum atomic E-state index is 0.333. The lowest BCUT2D eigenvalue weighted by Gasteiger charge is -2.13. The number of nitrogens with one attached hydrogen (secondary N) is 1. The lowest BCUT2D eigenvalue weighted by molar-refractivity contribution is 0.184. The summed E-state index contributed by atoms with van der Waals surface area (Å²) in [6, 6.07) is 7.79. The number of pyridine rings is 1. The summed E-state index contributed by atoms with van der Waals surface area (Å²) in [6.45, 7) is 4.87. The normalized spacial score (nSPS) is 10.7. The maximum Gasteiger partial charge on any atom is 0.174 e. The smallest absolute Gasteiger partial charge is 0.174 e. The van der Waals surface area contributed by atoms with Gasteiger partial charge in [0.2, 0.25) is 0 Å². The molecule has 0 saturated carbocycles. The molecule has 148 valence electrons. The molecule has 0 aliphatic carbocycles. The monoisotopic (exact) mass is 494 g/mol. The van der Waals surface area contributed by atoms with Crippen LogP contribution in [0.2, 0.25) is 0 Å². The number of hydrogen-bond acceptors (Lipinski definition) is 7. The van der Waals surface area contributed by atoms with Crippen LogP contribution in [0.15, 0.2) is 23.3 Å². The molecule has 0 saturated heterocycles. The van der Waals surface area contributed by atoms with Crippen LogP contribution in [0.5, 0.6) is 11.5 Å². The van der Waals surface area contributed by atoms with Gasteiger partial charge in [-0.1, -0.05) is 6.92 Å². The van der Waals surface area contributed by atoms with Crippen LogP contribution in [0, 0.1) is 21.8 Å². The van der Waals surface area contributed by atoms with Crippen molar-refractivity contribution in [2.24, 2.45) is 5.10 Å². The number of anilines is 1. The van der Waals surface area contributed by atoms with E-state index >= 15 is 0 Å². The summed E-state index contributed by atoms with van der Waals surface area (Å²) in [5, 5.41) is 13.7. The molecule has 0 radical (unpaired) electrons. The number of rotatable bonds is 9. The fourth-order valence-electron chi connectivity index (χ4n) is 2.54. The van der Waals surface area contributed by atoms with Crippen molar-refractivity contribution in [3.63, 3.8) is 0 Å². The third-order valence-electron chi connectivity index (χ3n) is 3.73. The number of aromatic nitrogens is 1. The Morgan fingerprint density at radius 2 is 2.11 bits per heavy atom. The highest BCUT2D eigenvalue weighted by Gasteiger charge is 2.12. The second-order valence-corrected chi connectivity index (χ2v) is 7.11. The number of methoxy groups -OCH3 is 2. The molecule has 1 heterocycles. The molecule has 0 aliphatic heterocycles. The first-order chi connectivity index (χ1) is 13.5. The maximum atomic E-state index is 9.47. The molecule has 1 N–H and O–H groups in total. The number of ether oxygens (including phenoxy) is 3. The quantitative estimate of drug-likeness (QED) is 0.319. The Morgan fingerprint density at radius 1 is 1.32 bits per heavy atom. The second kappa shape index (κ2) is 10.8. The summed E-state index contributed by atoms with van der Waals surface area (Å²) < 4.78 is 17.3. The molecule has 8 heteroatoms. The molecule has 0 unspecified atom stereocenters. The van der Waals surface area contributed by atoms with Gasteiger partial charge in [0, 0.05) is 18.4 Å². The molecule has 0 atom stereocenters. The minimum absolute atomic E-state index is 0.333. The van der Waals surface area contributed by atoms with Crippen molar-refractivity contribution < 1.29 is 14.2 Å². The van der Waals surface area contributed by atoms with Gasteiger partial charge < -0.3 is 14.2 Å². The van der Waals surface area contributed by atoms with E-state index in [9.17, 15) is 5.26 Å². The van der Waals surface area contributed by atoms with Gasteiger partial charge in [-0.15, -0.1) is 0 Å². The van der Waals surface area contributed by atoms with E-state index in [0.717, 1.165) is 32.6 Å². The highest BCUT2D eigenvalue weighted by molar-refractivity contribution is 14.1. The first-order valence-electron chi connectivity index (χ1n) is 8.73. The molecular weight excluding hydrogens is 471 g/mol. The number of nitriles is 1.